The molecule has 0 aliphatic carbocycles. The van der Waals surface area contributed by atoms with Crippen LogP contribution in [0.3, 0.4) is 0 Å². The van der Waals surface area contributed by atoms with E-state index in [1.807, 2.05) is 30.3 Å². The lowest BCUT2D eigenvalue weighted by Gasteiger charge is -2.31. The summed E-state index contributed by atoms with van der Waals surface area (Å²) in [4.78, 5) is 11.2. The topological polar surface area (TPSA) is 86.7 Å². The lowest BCUT2D eigenvalue weighted by atomic mass is 10.1. The molecule has 1 aromatic rings. The lowest BCUT2D eigenvalue weighted by Crippen LogP contribution is -2.51. The molecule has 2 N–H and O–H groups in total. The number of hydrogen-bond acceptors (Lipinski definition) is 3. The second kappa shape index (κ2) is 6.34. The number of nitrogens with zero attached hydrogens (tertiary/aromatic N) is 1. The number of carbonyl (C=O) groups is 1. The van der Waals surface area contributed by atoms with Crippen LogP contribution in [-0.4, -0.2) is 36.4 Å². The second-order valence-corrected chi connectivity index (χ2v) is 6.48. The predicted molar refractivity (Wildman–Crippen MR) is 74.2 cm³/mol. The van der Waals surface area contributed by atoms with Crippen molar-refractivity contribution in [3.63, 3.8) is 0 Å². The molecule has 110 valence electrons. The van der Waals surface area contributed by atoms with Gasteiger partial charge in [0.2, 0.25) is 0 Å². The monoisotopic (exact) mass is 298 g/mol. The molecule has 1 unspecified atom stereocenters. The predicted octanol–water partition coefficient (Wildman–Crippen LogP) is 0.960. The maximum Gasteiger partial charge on any atom is 0.322 e. The van der Waals surface area contributed by atoms with Crippen LogP contribution in [0.25, 0.3) is 0 Å². The number of hydrogen-bond donors (Lipinski definition) is 2. The summed E-state index contributed by atoms with van der Waals surface area (Å²) in [5, 5.41) is 9.12. The summed E-state index contributed by atoms with van der Waals surface area (Å²) in [5.74, 6) is -1.09. The third-order valence-electron chi connectivity index (χ3n) is 3.35. The Balaban J connectivity index is 2.06. The van der Waals surface area contributed by atoms with Crippen molar-refractivity contribution in [1.29, 1.82) is 0 Å². The highest BCUT2D eigenvalue weighted by atomic mass is 32.2. The van der Waals surface area contributed by atoms with Crippen molar-refractivity contribution >= 4 is 16.2 Å². The minimum atomic E-state index is -3.77. The van der Waals surface area contributed by atoms with Crippen LogP contribution in [0.1, 0.15) is 24.8 Å². The molecule has 0 amide bonds. The van der Waals surface area contributed by atoms with Gasteiger partial charge in [-0.1, -0.05) is 30.3 Å². The minimum Gasteiger partial charge on any atom is -0.480 e. The fourth-order valence-corrected chi connectivity index (χ4v) is 3.71. The molecule has 7 heteroatoms. The molecule has 1 heterocycles. The molecule has 0 bridgehead atoms. The molecule has 1 aliphatic heterocycles. The quantitative estimate of drug-likeness (QED) is 0.847. The van der Waals surface area contributed by atoms with E-state index in [0.717, 1.165) is 16.3 Å². The largest absolute Gasteiger partial charge is 0.480 e. The summed E-state index contributed by atoms with van der Waals surface area (Å²) >= 11 is 0. The fraction of sp³-hybridized carbons (Fsp3) is 0.462. The maximum atomic E-state index is 12.2. The van der Waals surface area contributed by atoms with E-state index in [9.17, 15) is 13.2 Å². The number of nitrogens with one attached hydrogen (secondary N) is 1. The number of carboxylic acid groups (broad SMARTS) is 1. The van der Waals surface area contributed by atoms with E-state index in [2.05, 4.69) is 4.72 Å². The smallest absolute Gasteiger partial charge is 0.322 e. The highest BCUT2D eigenvalue weighted by molar-refractivity contribution is 7.87. The molecule has 1 saturated heterocycles. The van der Waals surface area contributed by atoms with Crippen molar-refractivity contribution in [2.75, 3.05) is 6.54 Å². The molecule has 0 radical (unpaired) electrons. The molecular weight excluding hydrogens is 280 g/mol. The number of rotatable bonds is 5. The zero-order chi connectivity index (χ0) is 14.6. The van der Waals surface area contributed by atoms with Crippen LogP contribution in [0.4, 0.5) is 0 Å². The third kappa shape index (κ3) is 3.56. The van der Waals surface area contributed by atoms with Crippen molar-refractivity contribution in [3.8, 4) is 0 Å². The Hall–Kier alpha value is -1.44. The molecule has 1 atom stereocenters. The lowest BCUT2D eigenvalue weighted by molar-refractivity contribution is -0.142. The Labute approximate surface area is 118 Å². The first-order valence-electron chi connectivity index (χ1n) is 6.54. The van der Waals surface area contributed by atoms with Gasteiger partial charge in [-0.2, -0.15) is 17.4 Å². The zero-order valence-corrected chi connectivity index (χ0v) is 11.8. The van der Waals surface area contributed by atoms with Gasteiger partial charge in [0.1, 0.15) is 6.04 Å². The number of benzene rings is 1. The Bertz CT molecular complexity index is 559. The van der Waals surface area contributed by atoms with Crippen molar-refractivity contribution < 1.29 is 18.3 Å². The zero-order valence-electron chi connectivity index (χ0n) is 11.0. The summed E-state index contributed by atoms with van der Waals surface area (Å²) in [6.07, 6.45) is 1.79. The van der Waals surface area contributed by atoms with Crippen molar-refractivity contribution in [2.24, 2.45) is 0 Å². The second-order valence-electron chi connectivity index (χ2n) is 4.77. The molecule has 6 nitrogen and oxygen atoms in total. The number of carboxylic acids is 1. The van der Waals surface area contributed by atoms with Crippen LogP contribution in [0, 0.1) is 0 Å². The summed E-state index contributed by atoms with van der Waals surface area (Å²) < 4.78 is 28.0. The van der Waals surface area contributed by atoms with Crippen LogP contribution in [0.2, 0.25) is 0 Å². The molecule has 1 aliphatic rings. The minimum absolute atomic E-state index is 0.159. The van der Waals surface area contributed by atoms with Gasteiger partial charge in [0.05, 0.1) is 0 Å². The molecule has 1 aromatic carbocycles. The van der Waals surface area contributed by atoms with Gasteiger partial charge < -0.3 is 5.11 Å². The molecular formula is C13H18N2O4S. The van der Waals surface area contributed by atoms with Crippen molar-refractivity contribution in [3.05, 3.63) is 35.9 Å². The Morgan fingerprint density at radius 2 is 2.00 bits per heavy atom. The third-order valence-corrected chi connectivity index (χ3v) is 4.91. The highest BCUT2D eigenvalue weighted by Gasteiger charge is 2.36. The van der Waals surface area contributed by atoms with Crippen LogP contribution < -0.4 is 4.72 Å². The average Bonchev–Trinajstić information content (AvgIpc) is 2.46. The summed E-state index contributed by atoms with van der Waals surface area (Å²) in [5.41, 5.74) is 0.833. The first kappa shape index (κ1) is 15.0. The van der Waals surface area contributed by atoms with Gasteiger partial charge in [-0.05, 0) is 24.8 Å². The van der Waals surface area contributed by atoms with Gasteiger partial charge in [-0.25, -0.2) is 0 Å². The molecule has 20 heavy (non-hydrogen) atoms. The van der Waals surface area contributed by atoms with Crippen LogP contribution >= 0.6 is 0 Å². The van der Waals surface area contributed by atoms with Crippen molar-refractivity contribution in [1.82, 2.24) is 9.03 Å². The van der Waals surface area contributed by atoms with Gasteiger partial charge in [-0.15, -0.1) is 0 Å². The summed E-state index contributed by atoms with van der Waals surface area (Å²) in [6, 6.07) is 8.16. The Morgan fingerprint density at radius 1 is 1.30 bits per heavy atom. The Kier molecular flexibility index (Phi) is 4.74. The highest BCUT2D eigenvalue weighted by Crippen LogP contribution is 2.20. The van der Waals surface area contributed by atoms with E-state index >= 15 is 0 Å². The number of piperidine rings is 1. The van der Waals surface area contributed by atoms with Gasteiger partial charge in [0, 0.05) is 13.1 Å². The molecule has 0 saturated carbocycles. The van der Waals surface area contributed by atoms with E-state index in [-0.39, 0.29) is 13.1 Å². The van der Waals surface area contributed by atoms with Crippen LogP contribution in [0.15, 0.2) is 30.3 Å². The van der Waals surface area contributed by atoms with Gasteiger partial charge >= 0.3 is 5.97 Å². The van der Waals surface area contributed by atoms with E-state index < -0.39 is 22.2 Å². The summed E-state index contributed by atoms with van der Waals surface area (Å²) in [7, 11) is -3.77. The van der Waals surface area contributed by atoms with E-state index in [0.29, 0.717) is 12.8 Å². The van der Waals surface area contributed by atoms with E-state index in [1.54, 1.807) is 0 Å². The van der Waals surface area contributed by atoms with Gasteiger partial charge in [-0.3, -0.25) is 4.79 Å². The molecule has 0 aromatic heterocycles. The van der Waals surface area contributed by atoms with Gasteiger partial charge in [0.15, 0.2) is 0 Å². The first-order valence-corrected chi connectivity index (χ1v) is 7.98. The number of aliphatic carboxylic acids is 1. The van der Waals surface area contributed by atoms with Gasteiger partial charge in [0.25, 0.3) is 10.2 Å². The van der Waals surface area contributed by atoms with E-state index in [4.69, 9.17) is 5.11 Å². The first-order chi connectivity index (χ1) is 9.50. The Morgan fingerprint density at radius 3 is 2.65 bits per heavy atom. The van der Waals surface area contributed by atoms with Crippen LogP contribution in [-0.2, 0) is 21.5 Å². The maximum absolute atomic E-state index is 12.2. The average molecular weight is 298 g/mol. The van der Waals surface area contributed by atoms with Crippen LogP contribution in [0.5, 0.6) is 0 Å². The normalized spacial score (nSPS) is 20.7. The fourth-order valence-electron chi connectivity index (χ4n) is 2.29. The summed E-state index contributed by atoms with van der Waals surface area (Å²) in [6.45, 7) is 0.410. The van der Waals surface area contributed by atoms with Crippen molar-refractivity contribution in [2.45, 2.75) is 31.8 Å². The SMILES string of the molecule is O=C(O)C1CCCCN1S(=O)(=O)NCc1ccccc1. The molecule has 2 rings (SSSR count). The van der Waals surface area contributed by atoms with E-state index in [1.165, 1.54) is 0 Å². The molecule has 1 fully saturated rings. The molecule has 0 spiro atoms. The standard InChI is InChI=1S/C13H18N2O4S/c16-13(17)12-8-4-5-9-15(12)20(18,19)14-10-11-6-2-1-3-7-11/h1-3,6-7,12,14H,4-5,8-10H2,(H,16,17).